The van der Waals surface area contributed by atoms with Crippen LogP contribution in [0.4, 0.5) is 5.69 Å². The van der Waals surface area contributed by atoms with Gasteiger partial charge in [0.1, 0.15) is 0 Å². The molecule has 2 N–H and O–H groups in total. The maximum Gasteiger partial charge on any atom is 0.248 e. The summed E-state index contributed by atoms with van der Waals surface area (Å²) in [6.45, 7) is 3.12. The number of amides is 1. The molecule has 1 amide bonds. The minimum absolute atomic E-state index is 0.0248. The smallest absolute Gasteiger partial charge is 0.248 e. The Morgan fingerprint density at radius 2 is 1.83 bits per heavy atom. The van der Waals surface area contributed by atoms with Crippen molar-refractivity contribution in [3.8, 4) is 0 Å². The molecule has 1 fully saturated rings. The van der Waals surface area contributed by atoms with Gasteiger partial charge in [-0.15, -0.1) is 0 Å². The van der Waals surface area contributed by atoms with Gasteiger partial charge in [0.25, 0.3) is 0 Å². The number of fused-ring (bicyclic) bond motifs is 1. The molecule has 4 rings (SSSR count). The lowest BCUT2D eigenvalue weighted by molar-refractivity contribution is 0.0997. The van der Waals surface area contributed by atoms with E-state index in [2.05, 4.69) is 11.0 Å². The fourth-order valence-corrected chi connectivity index (χ4v) is 5.69. The Kier molecular flexibility index (Phi) is 5.12. The van der Waals surface area contributed by atoms with Crippen LogP contribution >= 0.6 is 0 Å². The number of para-hydroxylation sites is 1. The normalized spacial score (nSPS) is 19.1. The van der Waals surface area contributed by atoms with Crippen molar-refractivity contribution >= 4 is 21.6 Å². The van der Waals surface area contributed by atoms with Crippen LogP contribution in [0, 0.1) is 5.41 Å². The van der Waals surface area contributed by atoms with Crippen LogP contribution in [0.5, 0.6) is 0 Å². The van der Waals surface area contributed by atoms with E-state index in [1.54, 1.807) is 10.4 Å². The number of nitrogens with zero attached hydrogens (tertiary/aromatic N) is 2. The SMILES string of the molecule is CS(=O)(=O)N1CC2(CCN(Cc3cccc(C(N)=O)c3)CC2)Cc2ccccc21. The summed E-state index contributed by atoms with van der Waals surface area (Å²) < 4.78 is 26.5. The van der Waals surface area contributed by atoms with Crippen LogP contribution in [0.15, 0.2) is 48.5 Å². The van der Waals surface area contributed by atoms with E-state index in [1.165, 1.54) is 6.26 Å². The van der Waals surface area contributed by atoms with E-state index in [4.69, 9.17) is 5.73 Å². The van der Waals surface area contributed by atoms with Gasteiger partial charge in [0.2, 0.25) is 15.9 Å². The van der Waals surface area contributed by atoms with Gasteiger partial charge in [0, 0.05) is 18.7 Å². The molecule has 1 spiro atoms. The first-order valence-corrected chi connectivity index (χ1v) is 11.8. The largest absolute Gasteiger partial charge is 0.366 e. The Bertz CT molecular complexity index is 1030. The molecule has 2 heterocycles. The third-order valence-electron chi connectivity index (χ3n) is 6.24. The summed E-state index contributed by atoms with van der Waals surface area (Å²) in [5.41, 5.74) is 8.91. The van der Waals surface area contributed by atoms with Crippen molar-refractivity contribution < 1.29 is 13.2 Å². The van der Waals surface area contributed by atoms with Crippen LogP contribution in [-0.4, -0.2) is 45.1 Å². The third-order valence-corrected chi connectivity index (χ3v) is 7.37. The first-order valence-electron chi connectivity index (χ1n) is 9.93. The maximum absolute atomic E-state index is 12.4. The second-order valence-electron chi connectivity index (χ2n) is 8.42. The summed E-state index contributed by atoms with van der Waals surface area (Å²) in [6.07, 6.45) is 4.11. The van der Waals surface area contributed by atoms with Crippen molar-refractivity contribution in [2.75, 3.05) is 30.2 Å². The fourth-order valence-electron chi connectivity index (χ4n) is 4.65. The monoisotopic (exact) mass is 413 g/mol. The minimum atomic E-state index is -3.31. The van der Waals surface area contributed by atoms with Crippen LogP contribution in [-0.2, 0) is 23.0 Å². The second-order valence-corrected chi connectivity index (χ2v) is 10.3. The second kappa shape index (κ2) is 7.46. The van der Waals surface area contributed by atoms with Gasteiger partial charge in [0.15, 0.2) is 0 Å². The Morgan fingerprint density at radius 1 is 1.10 bits per heavy atom. The molecule has 0 aromatic heterocycles. The number of hydrogen-bond donors (Lipinski definition) is 1. The summed E-state index contributed by atoms with van der Waals surface area (Å²) in [6, 6.07) is 15.3. The number of primary amides is 1. The van der Waals surface area contributed by atoms with Crippen molar-refractivity contribution in [2.24, 2.45) is 11.1 Å². The number of hydrogen-bond acceptors (Lipinski definition) is 4. The molecule has 0 unspecified atom stereocenters. The van der Waals surface area contributed by atoms with Crippen LogP contribution in [0.1, 0.15) is 34.3 Å². The van der Waals surface area contributed by atoms with E-state index in [0.29, 0.717) is 12.1 Å². The number of benzene rings is 2. The standard InChI is InChI=1S/C22H27N3O3S/c1-29(27,28)25-16-22(14-19-6-2-3-8-20(19)25)9-11-24(12-10-22)15-17-5-4-7-18(13-17)21(23)26/h2-8,13H,9-12,14-16H2,1H3,(H2,23,26). The van der Waals surface area contributed by atoms with Gasteiger partial charge in [-0.2, -0.15) is 0 Å². The molecule has 2 aliphatic rings. The van der Waals surface area contributed by atoms with Crippen LogP contribution in [0.3, 0.4) is 0 Å². The van der Waals surface area contributed by atoms with Crippen molar-refractivity contribution in [2.45, 2.75) is 25.8 Å². The molecule has 1 saturated heterocycles. The molecular weight excluding hydrogens is 386 g/mol. The Labute approximate surface area is 172 Å². The van der Waals surface area contributed by atoms with Crippen molar-refractivity contribution in [1.82, 2.24) is 4.90 Å². The Hall–Kier alpha value is -2.38. The molecule has 2 aliphatic heterocycles. The summed E-state index contributed by atoms with van der Waals surface area (Å²) in [4.78, 5) is 13.8. The highest BCUT2D eigenvalue weighted by Crippen LogP contribution is 2.44. The molecule has 29 heavy (non-hydrogen) atoms. The molecule has 0 aliphatic carbocycles. The molecule has 7 heteroatoms. The molecule has 0 radical (unpaired) electrons. The molecule has 2 aromatic rings. The number of carbonyl (C=O) groups is 1. The predicted octanol–water partition coefficient (Wildman–Crippen LogP) is 2.39. The zero-order chi connectivity index (χ0) is 20.6. The van der Waals surface area contributed by atoms with E-state index in [-0.39, 0.29) is 5.41 Å². The van der Waals surface area contributed by atoms with Gasteiger partial charge >= 0.3 is 0 Å². The summed E-state index contributed by atoms with van der Waals surface area (Å²) >= 11 is 0. The molecule has 2 aromatic carbocycles. The van der Waals surface area contributed by atoms with Crippen molar-refractivity contribution in [3.63, 3.8) is 0 Å². The summed E-state index contributed by atoms with van der Waals surface area (Å²) in [5, 5.41) is 0. The molecule has 6 nitrogen and oxygen atoms in total. The fraction of sp³-hybridized carbons (Fsp3) is 0.409. The quantitative estimate of drug-likeness (QED) is 0.834. The lowest BCUT2D eigenvalue weighted by Gasteiger charge is -2.48. The topological polar surface area (TPSA) is 83.7 Å². The zero-order valence-corrected chi connectivity index (χ0v) is 17.5. The first kappa shape index (κ1) is 19.9. The van der Waals surface area contributed by atoms with E-state index in [0.717, 1.165) is 55.7 Å². The number of rotatable bonds is 4. The van der Waals surface area contributed by atoms with Gasteiger partial charge < -0.3 is 5.73 Å². The van der Waals surface area contributed by atoms with E-state index in [9.17, 15) is 13.2 Å². The number of piperidine rings is 1. The van der Waals surface area contributed by atoms with Gasteiger partial charge in [-0.25, -0.2) is 8.42 Å². The van der Waals surface area contributed by atoms with Gasteiger partial charge in [0.05, 0.1) is 11.9 Å². The molecule has 154 valence electrons. The number of likely N-dealkylation sites (tertiary alicyclic amines) is 1. The highest BCUT2D eigenvalue weighted by atomic mass is 32.2. The van der Waals surface area contributed by atoms with E-state index < -0.39 is 15.9 Å². The van der Waals surface area contributed by atoms with Gasteiger partial charge in [-0.3, -0.25) is 14.0 Å². The first-order chi connectivity index (χ1) is 13.8. The molecule has 0 bridgehead atoms. The number of carbonyl (C=O) groups excluding carboxylic acids is 1. The predicted molar refractivity (Wildman–Crippen MR) is 114 cm³/mol. The lowest BCUT2D eigenvalue weighted by Crippen LogP contribution is -2.51. The number of anilines is 1. The Morgan fingerprint density at radius 3 is 2.52 bits per heavy atom. The van der Waals surface area contributed by atoms with Crippen LogP contribution in [0.2, 0.25) is 0 Å². The zero-order valence-electron chi connectivity index (χ0n) is 16.7. The average molecular weight is 414 g/mol. The lowest BCUT2D eigenvalue weighted by atomic mass is 9.71. The third kappa shape index (κ3) is 4.16. The van der Waals surface area contributed by atoms with E-state index in [1.807, 2.05) is 36.4 Å². The maximum atomic E-state index is 12.4. The van der Waals surface area contributed by atoms with Crippen molar-refractivity contribution in [3.05, 3.63) is 65.2 Å². The summed E-state index contributed by atoms with van der Waals surface area (Å²) in [7, 11) is -3.31. The van der Waals surface area contributed by atoms with Crippen LogP contribution in [0.25, 0.3) is 0 Å². The molecule has 0 atom stereocenters. The summed E-state index contributed by atoms with van der Waals surface area (Å²) in [5.74, 6) is -0.411. The van der Waals surface area contributed by atoms with Crippen LogP contribution < -0.4 is 10.0 Å². The van der Waals surface area contributed by atoms with Crippen molar-refractivity contribution in [1.29, 1.82) is 0 Å². The van der Waals surface area contributed by atoms with E-state index >= 15 is 0 Å². The number of sulfonamides is 1. The Balaban J connectivity index is 1.49. The average Bonchev–Trinajstić information content (AvgIpc) is 2.69. The molecular formula is C22H27N3O3S. The highest BCUT2D eigenvalue weighted by molar-refractivity contribution is 7.92. The minimum Gasteiger partial charge on any atom is -0.366 e. The number of nitrogens with two attached hydrogens (primary N) is 1. The van der Waals surface area contributed by atoms with Gasteiger partial charge in [-0.1, -0.05) is 30.3 Å². The van der Waals surface area contributed by atoms with Gasteiger partial charge in [-0.05, 0) is 67.1 Å². The highest BCUT2D eigenvalue weighted by Gasteiger charge is 2.42. The molecule has 0 saturated carbocycles.